The molecule has 3 heteroatoms. The predicted molar refractivity (Wildman–Crippen MR) is 89.7 cm³/mol. The van der Waals surface area contributed by atoms with E-state index in [9.17, 15) is 0 Å². The molecule has 1 unspecified atom stereocenters. The number of hydrogen-bond acceptors (Lipinski definition) is 3. The third-order valence-electron chi connectivity index (χ3n) is 6.43. The van der Waals surface area contributed by atoms with Crippen molar-refractivity contribution in [2.45, 2.75) is 69.9 Å². The fraction of sp³-hybridized carbons (Fsp3) is 1.00. The van der Waals surface area contributed by atoms with Crippen LogP contribution in [0.25, 0.3) is 0 Å². The van der Waals surface area contributed by atoms with E-state index in [0.717, 1.165) is 12.0 Å². The summed E-state index contributed by atoms with van der Waals surface area (Å²) in [5, 5.41) is 3.92. The Bertz CT molecular complexity index is 316. The molecule has 3 nitrogen and oxygen atoms in total. The highest BCUT2D eigenvalue weighted by Gasteiger charge is 2.40. The van der Waals surface area contributed by atoms with E-state index in [1.54, 1.807) is 0 Å². The van der Waals surface area contributed by atoms with Gasteiger partial charge in [0.1, 0.15) is 0 Å². The van der Waals surface area contributed by atoms with Gasteiger partial charge in [-0.15, -0.1) is 0 Å². The molecule has 3 fully saturated rings. The van der Waals surface area contributed by atoms with Crippen LogP contribution in [0.2, 0.25) is 0 Å². The SMILES string of the molecule is CCC1CNC2(CCCC2)CN1CCC1CCN(C)CC1. The molecule has 0 bridgehead atoms. The van der Waals surface area contributed by atoms with Crippen molar-refractivity contribution in [2.75, 3.05) is 39.8 Å². The number of likely N-dealkylation sites (tertiary alicyclic amines) is 1. The third-order valence-corrected chi connectivity index (χ3v) is 6.43. The first kappa shape index (κ1) is 15.8. The molecule has 1 atom stereocenters. The van der Waals surface area contributed by atoms with Crippen LogP contribution in [0.3, 0.4) is 0 Å². The molecule has 3 aliphatic rings. The van der Waals surface area contributed by atoms with Crippen molar-refractivity contribution in [1.82, 2.24) is 15.1 Å². The zero-order valence-corrected chi connectivity index (χ0v) is 14.2. The Morgan fingerprint density at radius 3 is 2.52 bits per heavy atom. The summed E-state index contributed by atoms with van der Waals surface area (Å²) in [7, 11) is 2.27. The lowest BCUT2D eigenvalue weighted by Gasteiger charge is -2.47. The maximum absolute atomic E-state index is 3.92. The topological polar surface area (TPSA) is 18.5 Å². The molecule has 0 aromatic rings. The van der Waals surface area contributed by atoms with Crippen molar-refractivity contribution in [2.24, 2.45) is 5.92 Å². The first-order valence-electron chi connectivity index (χ1n) is 9.38. The summed E-state index contributed by atoms with van der Waals surface area (Å²) in [6.45, 7) is 8.88. The number of piperidine rings is 1. The summed E-state index contributed by atoms with van der Waals surface area (Å²) in [6.07, 6.45) is 11.3. The molecule has 0 aromatic heterocycles. The van der Waals surface area contributed by atoms with Gasteiger partial charge >= 0.3 is 0 Å². The van der Waals surface area contributed by atoms with Crippen molar-refractivity contribution in [1.29, 1.82) is 0 Å². The van der Waals surface area contributed by atoms with E-state index < -0.39 is 0 Å². The van der Waals surface area contributed by atoms with Crippen molar-refractivity contribution in [3.63, 3.8) is 0 Å². The van der Waals surface area contributed by atoms with E-state index in [-0.39, 0.29) is 0 Å². The minimum Gasteiger partial charge on any atom is -0.308 e. The van der Waals surface area contributed by atoms with Gasteiger partial charge in [0.25, 0.3) is 0 Å². The van der Waals surface area contributed by atoms with Gasteiger partial charge in [-0.2, -0.15) is 0 Å². The van der Waals surface area contributed by atoms with Crippen LogP contribution in [0.15, 0.2) is 0 Å². The second kappa shape index (κ2) is 6.97. The van der Waals surface area contributed by atoms with Crippen LogP contribution < -0.4 is 5.32 Å². The van der Waals surface area contributed by atoms with Gasteiger partial charge in [0.15, 0.2) is 0 Å². The molecule has 2 saturated heterocycles. The third kappa shape index (κ3) is 3.80. The van der Waals surface area contributed by atoms with Crippen molar-refractivity contribution in [3.8, 4) is 0 Å². The van der Waals surface area contributed by atoms with Crippen LogP contribution in [0.5, 0.6) is 0 Å². The van der Waals surface area contributed by atoms with E-state index in [0.29, 0.717) is 5.54 Å². The summed E-state index contributed by atoms with van der Waals surface area (Å²) >= 11 is 0. The molecule has 1 saturated carbocycles. The maximum Gasteiger partial charge on any atom is 0.0309 e. The summed E-state index contributed by atoms with van der Waals surface area (Å²) in [5.41, 5.74) is 0.485. The van der Waals surface area contributed by atoms with E-state index >= 15 is 0 Å². The zero-order chi connectivity index (χ0) is 14.7. The molecule has 1 aliphatic carbocycles. The largest absolute Gasteiger partial charge is 0.308 e. The van der Waals surface area contributed by atoms with Gasteiger partial charge in [-0.25, -0.2) is 0 Å². The highest BCUT2D eigenvalue weighted by atomic mass is 15.3. The fourth-order valence-electron chi connectivity index (χ4n) is 4.79. The number of rotatable bonds is 4. The average molecular weight is 293 g/mol. The summed E-state index contributed by atoms with van der Waals surface area (Å²) in [5.74, 6) is 0.980. The van der Waals surface area contributed by atoms with Gasteiger partial charge in [-0.3, -0.25) is 4.90 Å². The second-order valence-corrected chi connectivity index (χ2v) is 7.94. The Labute approximate surface area is 131 Å². The number of hydrogen-bond donors (Lipinski definition) is 1. The Kier molecular flexibility index (Phi) is 5.23. The fourth-order valence-corrected chi connectivity index (χ4v) is 4.79. The molecule has 0 aromatic carbocycles. The van der Waals surface area contributed by atoms with Gasteiger partial charge in [0.2, 0.25) is 0 Å². The summed E-state index contributed by atoms with van der Waals surface area (Å²) in [4.78, 5) is 5.34. The Hall–Kier alpha value is -0.120. The normalized spacial score (nSPS) is 32.0. The molecule has 21 heavy (non-hydrogen) atoms. The molecule has 0 radical (unpaired) electrons. The van der Waals surface area contributed by atoms with Crippen molar-refractivity contribution >= 4 is 0 Å². The lowest BCUT2D eigenvalue weighted by Crippen LogP contribution is -2.63. The van der Waals surface area contributed by atoms with Gasteiger partial charge in [-0.1, -0.05) is 19.8 Å². The van der Waals surface area contributed by atoms with Crippen LogP contribution in [0, 0.1) is 5.92 Å². The molecule has 1 N–H and O–H groups in total. The quantitative estimate of drug-likeness (QED) is 0.860. The highest BCUT2D eigenvalue weighted by molar-refractivity contribution is 5.00. The molecule has 3 rings (SSSR count). The lowest BCUT2D eigenvalue weighted by atomic mass is 9.89. The average Bonchev–Trinajstić information content (AvgIpc) is 2.95. The number of piperazine rings is 1. The van der Waals surface area contributed by atoms with E-state index in [1.807, 2.05) is 0 Å². The standard InChI is InChI=1S/C18H35N3/c1-3-17-14-19-18(9-4-5-10-18)15-21(17)13-8-16-6-11-20(2)12-7-16/h16-17,19H,3-15H2,1-2H3. The first-order chi connectivity index (χ1) is 10.2. The molecule has 122 valence electrons. The van der Waals surface area contributed by atoms with Crippen molar-refractivity contribution in [3.05, 3.63) is 0 Å². The number of nitrogens with one attached hydrogen (secondary N) is 1. The van der Waals surface area contributed by atoms with Gasteiger partial charge in [0, 0.05) is 24.7 Å². The maximum atomic E-state index is 3.92. The van der Waals surface area contributed by atoms with Crippen LogP contribution in [-0.4, -0.2) is 61.2 Å². The Morgan fingerprint density at radius 2 is 1.86 bits per heavy atom. The molecular weight excluding hydrogens is 258 g/mol. The predicted octanol–water partition coefficient (Wildman–Crippen LogP) is 2.71. The molecule has 2 aliphatic heterocycles. The lowest BCUT2D eigenvalue weighted by molar-refractivity contribution is 0.0688. The van der Waals surface area contributed by atoms with Gasteiger partial charge in [0.05, 0.1) is 0 Å². The van der Waals surface area contributed by atoms with E-state index in [4.69, 9.17) is 0 Å². The van der Waals surface area contributed by atoms with E-state index in [2.05, 4.69) is 29.1 Å². The Balaban J connectivity index is 1.51. The first-order valence-corrected chi connectivity index (χ1v) is 9.38. The molecule has 0 amide bonds. The van der Waals surface area contributed by atoms with Crippen LogP contribution in [0.4, 0.5) is 0 Å². The van der Waals surface area contributed by atoms with Crippen LogP contribution >= 0.6 is 0 Å². The van der Waals surface area contributed by atoms with E-state index in [1.165, 1.54) is 84.1 Å². The minimum atomic E-state index is 0.485. The number of nitrogens with zero attached hydrogens (tertiary/aromatic N) is 2. The zero-order valence-electron chi connectivity index (χ0n) is 14.2. The minimum absolute atomic E-state index is 0.485. The summed E-state index contributed by atoms with van der Waals surface area (Å²) in [6, 6.07) is 0.780. The summed E-state index contributed by atoms with van der Waals surface area (Å²) < 4.78 is 0. The van der Waals surface area contributed by atoms with Crippen molar-refractivity contribution < 1.29 is 0 Å². The Morgan fingerprint density at radius 1 is 1.14 bits per heavy atom. The van der Waals surface area contributed by atoms with Gasteiger partial charge in [-0.05, 0) is 71.1 Å². The molecule has 1 spiro atoms. The smallest absolute Gasteiger partial charge is 0.0309 e. The highest BCUT2D eigenvalue weighted by Crippen LogP contribution is 2.34. The van der Waals surface area contributed by atoms with Crippen LogP contribution in [-0.2, 0) is 0 Å². The molecular formula is C18H35N3. The molecule has 2 heterocycles. The monoisotopic (exact) mass is 293 g/mol. The second-order valence-electron chi connectivity index (χ2n) is 7.94. The van der Waals surface area contributed by atoms with Gasteiger partial charge < -0.3 is 10.2 Å². The van der Waals surface area contributed by atoms with Crippen LogP contribution in [0.1, 0.15) is 58.3 Å².